The molecular weight excluding hydrogens is 398 g/mol. The van der Waals surface area contributed by atoms with Crippen molar-refractivity contribution in [2.45, 2.75) is 44.3 Å². The van der Waals surface area contributed by atoms with E-state index in [0.29, 0.717) is 22.7 Å². The van der Waals surface area contributed by atoms with E-state index in [9.17, 15) is 14.4 Å². The summed E-state index contributed by atoms with van der Waals surface area (Å²) in [6.07, 6.45) is 2.70. The minimum atomic E-state index is -1.26. The number of para-hydroxylation sites is 1. The van der Waals surface area contributed by atoms with E-state index < -0.39 is 22.9 Å². The van der Waals surface area contributed by atoms with Crippen LogP contribution in [-0.4, -0.2) is 46.2 Å². The third-order valence-electron chi connectivity index (χ3n) is 6.00. The van der Waals surface area contributed by atoms with Gasteiger partial charge in [0.25, 0.3) is 0 Å². The molecule has 1 aromatic rings. The number of imide groups is 1. The molecule has 8 heteroatoms. The maximum absolute atomic E-state index is 13.5. The molecular formula is C20H24ClN3O3S. The number of carbonyl (C=O) groups is 3. The molecule has 3 heterocycles. The molecule has 0 unspecified atom stereocenters. The van der Waals surface area contributed by atoms with Crippen molar-refractivity contribution in [3.05, 3.63) is 28.8 Å². The van der Waals surface area contributed by atoms with Gasteiger partial charge in [-0.3, -0.25) is 24.6 Å². The number of benzene rings is 1. The molecule has 1 spiro atoms. The zero-order valence-corrected chi connectivity index (χ0v) is 17.9. The number of anilines is 1. The average Bonchev–Trinajstić information content (AvgIpc) is 3.19. The molecule has 3 aliphatic rings. The van der Waals surface area contributed by atoms with Gasteiger partial charge in [-0.25, -0.2) is 0 Å². The Morgan fingerprint density at radius 1 is 1.21 bits per heavy atom. The molecule has 28 heavy (non-hydrogen) atoms. The molecule has 1 aromatic carbocycles. The van der Waals surface area contributed by atoms with Crippen molar-refractivity contribution in [2.24, 2.45) is 11.8 Å². The zero-order valence-electron chi connectivity index (χ0n) is 16.3. The second-order valence-electron chi connectivity index (χ2n) is 8.64. The molecule has 0 bridgehead atoms. The molecule has 150 valence electrons. The number of likely N-dealkylation sites (tertiary alicyclic amines) is 1. The summed E-state index contributed by atoms with van der Waals surface area (Å²) in [5.41, 5.74) is -0.722. The van der Waals surface area contributed by atoms with Gasteiger partial charge in [0.1, 0.15) is 5.54 Å². The number of nitrogens with one attached hydrogen (secondary N) is 2. The molecule has 3 amide bonds. The molecule has 3 aliphatic heterocycles. The smallest absolute Gasteiger partial charge is 0.250 e. The van der Waals surface area contributed by atoms with Crippen molar-refractivity contribution in [1.82, 2.24) is 10.2 Å². The molecule has 4 rings (SSSR count). The van der Waals surface area contributed by atoms with Crippen LogP contribution >= 0.6 is 23.4 Å². The fraction of sp³-hybridized carbons (Fsp3) is 0.550. The molecule has 6 nitrogen and oxygen atoms in total. The highest BCUT2D eigenvalue weighted by Gasteiger charge is 2.71. The Bertz CT molecular complexity index is 884. The van der Waals surface area contributed by atoms with Crippen LogP contribution in [0.5, 0.6) is 0 Å². The Kier molecular flexibility index (Phi) is 4.56. The highest BCUT2D eigenvalue weighted by molar-refractivity contribution is 7.98. The quantitative estimate of drug-likeness (QED) is 0.733. The summed E-state index contributed by atoms with van der Waals surface area (Å²) in [4.78, 5) is 41.5. The van der Waals surface area contributed by atoms with Gasteiger partial charge in [0.2, 0.25) is 17.7 Å². The van der Waals surface area contributed by atoms with Crippen molar-refractivity contribution in [3.63, 3.8) is 0 Å². The van der Waals surface area contributed by atoms with Crippen LogP contribution in [0.2, 0.25) is 5.02 Å². The Morgan fingerprint density at radius 3 is 2.57 bits per heavy atom. The average molecular weight is 422 g/mol. The van der Waals surface area contributed by atoms with Crippen LogP contribution in [0.3, 0.4) is 0 Å². The number of nitrogens with zero attached hydrogens (tertiary/aromatic N) is 1. The summed E-state index contributed by atoms with van der Waals surface area (Å²) in [7, 11) is 0. The second-order valence-corrected chi connectivity index (χ2v) is 10.0. The monoisotopic (exact) mass is 421 g/mol. The van der Waals surface area contributed by atoms with Gasteiger partial charge in [0.05, 0.1) is 22.5 Å². The lowest BCUT2D eigenvalue weighted by Gasteiger charge is -2.34. The molecule has 4 atom stereocenters. The predicted molar refractivity (Wildman–Crippen MR) is 110 cm³/mol. The first-order chi connectivity index (χ1) is 13.1. The van der Waals surface area contributed by atoms with E-state index in [1.807, 2.05) is 33.1 Å². The second kappa shape index (κ2) is 6.47. The van der Waals surface area contributed by atoms with Gasteiger partial charge in [-0.1, -0.05) is 23.7 Å². The first-order valence-electron chi connectivity index (χ1n) is 9.39. The maximum Gasteiger partial charge on any atom is 0.250 e. The Balaban J connectivity index is 1.89. The molecule has 0 aromatic heterocycles. The fourth-order valence-electron chi connectivity index (χ4n) is 4.95. The fourth-order valence-corrected chi connectivity index (χ4v) is 5.66. The lowest BCUT2D eigenvalue weighted by Crippen LogP contribution is -2.55. The number of hydrogen-bond donors (Lipinski definition) is 2. The summed E-state index contributed by atoms with van der Waals surface area (Å²) in [5.74, 6) is -1.29. The van der Waals surface area contributed by atoms with E-state index in [1.165, 1.54) is 4.90 Å². The lowest BCUT2D eigenvalue weighted by atomic mass is 9.76. The number of rotatable bonds is 3. The van der Waals surface area contributed by atoms with Gasteiger partial charge in [-0.2, -0.15) is 11.8 Å². The summed E-state index contributed by atoms with van der Waals surface area (Å²) < 4.78 is 0. The number of halogens is 1. The topological polar surface area (TPSA) is 78.5 Å². The van der Waals surface area contributed by atoms with Crippen LogP contribution in [-0.2, 0) is 19.9 Å². The van der Waals surface area contributed by atoms with E-state index >= 15 is 0 Å². The highest BCUT2D eigenvalue weighted by atomic mass is 35.5. The van der Waals surface area contributed by atoms with Crippen LogP contribution in [0.4, 0.5) is 5.69 Å². The van der Waals surface area contributed by atoms with E-state index in [4.69, 9.17) is 11.6 Å². The largest absolute Gasteiger partial charge is 0.323 e. The molecule has 2 fully saturated rings. The lowest BCUT2D eigenvalue weighted by molar-refractivity contribution is -0.147. The van der Waals surface area contributed by atoms with E-state index in [2.05, 4.69) is 10.6 Å². The van der Waals surface area contributed by atoms with Crippen LogP contribution in [0, 0.1) is 11.8 Å². The number of thioether (sulfide) groups is 1. The first-order valence-corrected chi connectivity index (χ1v) is 11.2. The molecule has 0 saturated carbocycles. The van der Waals surface area contributed by atoms with Gasteiger partial charge < -0.3 is 5.32 Å². The predicted octanol–water partition coefficient (Wildman–Crippen LogP) is 2.61. The normalized spacial score (nSPS) is 31.5. The number of hydrogen-bond acceptors (Lipinski definition) is 5. The van der Waals surface area contributed by atoms with Crippen LogP contribution < -0.4 is 10.6 Å². The Hall–Kier alpha value is -1.57. The number of fused-ring (bicyclic) bond motifs is 4. The van der Waals surface area contributed by atoms with E-state index in [1.54, 1.807) is 23.9 Å². The Morgan fingerprint density at radius 2 is 1.93 bits per heavy atom. The van der Waals surface area contributed by atoms with Crippen molar-refractivity contribution < 1.29 is 14.4 Å². The van der Waals surface area contributed by atoms with Crippen molar-refractivity contribution >= 4 is 46.8 Å². The summed E-state index contributed by atoms with van der Waals surface area (Å²) in [6.45, 7) is 5.54. The third-order valence-corrected chi connectivity index (χ3v) is 6.96. The highest BCUT2D eigenvalue weighted by Crippen LogP contribution is 2.55. The van der Waals surface area contributed by atoms with Gasteiger partial charge in [0, 0.05) is 17.1 Å². The molecule has 0 aliphatic carbocycles. The summed E-state index contributed by atoms with van der Waals surface area (Å²) in [6, 6.07) is 5.05. The summed E-state index contributed by atoms with van der Waals surface area (Å²) in [5, 5.41) is 6.70. The standard InChI is InChI=1S/C20H24ClN3O3S/c1-19(2,3)24-16(25)13-12(8-9-28-4)23-20(14(13)17(24)26)10-6-5-7-11(21)15(10)22-18(20)27/h5-7,12-14,23H,8-9H2,1-4H3,(H,22,27)/t12-,13+,14-,20+/m0/s1. The minimum Gasteiger partial charge on any atom is -0.323 e. The Labute approximate surface area is 173 Å². The molecule has 2 saturated heterocycles. The van der Waals surface area contributed by atoms with Gasteiger partial charge in [-0.05, 0) is 45.3 Å². The van der Waals surface area contributed by atoms with Crippen LogP contribution in [0.25, 0.3) is 0 Å². The number of carbonyl (C=O) groups excluding carboxylic acids is 3. The zero-order chi connectivity index (χ0) is 20.4. The van der Waals surface area contributed by atoms with Crippen molar-refractivity contribution in [3.8, 4) is 0 Å². The third kappa shape index (κ3) is 2.49. The van der Waals surface area contributed by atoms with Crippen LogP contribution in [0.1, 0.15) is 32.8 Å². The number of amides is 3. The van der Waals surface area contributed by atoms with Gasteiger partial charge >= 0.3 is 0 Å². The van der Waals surface area contributed by atoms with Gasteiger partial charge in [-0.15, -0.1) is 0 Å². The molecule has 0 radical (unpaired) electrons. The van der Waals surface area contributed by atoms with Crippen molar-refractivity contribution in [2.75, 3.05) is 17.3 Å². The summed E-state index contributed by atoms with van der Waals surface area (Å²) >= 11 is 8.00. The SMILES string of the molecule is CSCC[C@@H]1N[C@@]2(C(=O)Nc3c(Cl)cccc32)[C@@H]2C(=O)N(C(C)(C)C)C(=O)[C@H]12. The first kappa shape index (κ1) is 19.7. The van der Waals surface area contributed by atoms with Gasteiger partial charge in [0.15, 0.2) is 0 Å². The maximum atomic E-state index is 13.5. The van der Waals surface area contributed by atoms with Crippen molar-refractivity contribution in [1.29, 1.82) is 0 Å². The van der Waals surface area contributed by atoms with E-state index in [-0.39, 0.29) is 23.8 Å². The molecule has 2 N–H and O–H groups in total. The van der Waals surface area contributed by atoms with E-state index in [0.717, 1.165) is 5.75 Å². The van der Waals surface area contributed by atoms with Crippen LogP contribution in [0.15, 0.2) is 18.2 Å². The minimum absolute atomic E-state index is 0.193.